The van der Waals surface area contributed by atoms with Crippen molar-refractivity contribution in [3.8, 4) is 40.6 Å². The van der Waals surface area contributed by atoms with Crippen LogP contribution in [0.2, 0.25) is 0 Å². The fourth-order valence-electron chi connectivity index (χ4n) is 8.81. The van der Waals surface area contributed by atoms with Crippen molar-refractivity contribution in [1.29, 1.82) is 0 Å². The van der Waals surface area contributed by atoms with E-state index in [0.717, 1.165) is 33.5 Å². The van der Waals surface area contributed by atoms with E-state index in [2.05, 4.69) is 21.7 Å². The van der Waals surface area contributed by atoms with Crippen molar-refractivity contribution < 1.29 is 63.2 Å². The largest absolute Gasteiger partial charge is 0.493 e. The molecule has 6 aliphatic heterocycles. The van der Waals surface area contributed by atoms with Crippen molar-refractivity contribution in [2.24, 2.45) is 16.5 Å². The Hall–Kier alpha value is -6.13. The molecule has 6 aliphatic rings. The van der Waals surface area contributed by atoms with E-state index < -0.39 is 79.5 Å². The van der Waals surface area contributed by atoms with Crippen molar-refractivity contribution in [2.45, 2.75) is 86.4 Å². The van der Waals surface area contributed by atoms with Crippen LogP contribution in [0.3, 0.4) is 0 Å². The van der Waals surface area contributed by atoms with E-state index in [1.165, 1.54) is 0 Å². The van der Waals surface area contributed by atoms with Gasteiger partial charge in [-0.2, -0.15) is 0 Å². The summed E-state index contributed by atoms with van der Waals surface area (Å²) >= 11 is 0. The van der Waals surface area contributed by atoms with Gasteiger partial charge in [0.1, 0.15) is 54.5 Å². The molecule has 0 aliphatic carbocycles. The normalized spacial score (nSPS) is 28.3. The van der Waals surface area contributed by atoms with Crippen molar-refractivity contribution in [1.82, 2.24) is 4.90 Å². The molecule has 10 unspecified atom stereocenters. The zero-order valence-corrected chi connectivity index (χ0v) is 32.8. The summed E-state index contributed by atoms with van der Waals surface area (Å²) in [7, 11) is 1.58. The average molecular weight is 837 g/mol. The second kappa shape index (κ2) is 16.4. The molecule has 0 spiro atoms. The third-order valence-electron chi connectivity index (χ3n) is 11.6. The number of methoxy groups -OCH3 is 1. The van der Waals surface area contributed by atoms with Crippen LogP contribution >= 0.6 is 0 Å². The second-order valence-corrected chi connectivity index (χ2v) is 15.5. The minimum Gasteiger partial charge on any atom is -0.493 e. The molecule has 1 saturated heterocycles. The topological polar surface area (TPSA) is 247 Å². The van der Waals surface area contributed by atoms with Gasteiger partial charge in [-0.15, -0.1) is 0 Å². The highest BCUT2D eigenvalue weighted by molar-refractivity contribution is 5.90. The lowest BCUT2D eigenvalue weighted by molar-refractivity contribution is -0.291. The predicted octanol–water partition coefficient (Wildman–Crippen LogP) is 1.73. The summed E-state index contributed by atoms with van der Waals surface area (Å²) < 4.78 is 43.7. The average Bonchev–Trinajstić information content (AvgIpc) is 3.95. The summed E-state index contributed by atoms with van der Waals surface area (Å²) in [5.74, 6) is 5.38. The molecule has 0 aromatic heterocycles. The first-order chi connectivity index (χ1) is 29.5. The number of nitrogens with zero attached hydrogens (tertiary/aromatic N) is 2. The van der Waals surface area contributed by atoms with Crippen LogP contribution < -0.4 is 35.2 Å². The number of fused-ring (bicyclic) bond motifs is 3. The van der Waals surface area contributed by atoms with Crippen molar-refractivity contribution in [2.75, 3.05) is 20.3 Å². The number of esters is 1. The Bertz CT molecular complexity index is 2370. The van der Waals surface area contributed by atoms with Crippen LogP contribution in [0.5, 0.6) is 28.7 Å². The molecule has 3 aromatic carbocycles. The summed E-state index contributed by atoms with van der Waals surface area (Å²) in [6, 6.07) is 17.1. The fraction of sp³-hybridized carbons (Fsp3) is 0.386. The van der Waals surface area contributed by atoms with Crippen LogP contribution in [0.4, 0.5) is 0 Å². The van der Waals surface area contributed by atoms with Crippen LogP contribution in [0.1, 0.15) is 53.0 Å². The Balaban J connectivity index is 1.14. The minimum atomic E-state index is -1.89. The molecule has 0 radical (unpaired) electrons. The summed E-state index contributed by atoms with van der Waals surface area (Å²) in [5, 5.41) is 42.4. The van der Waals surface area contributed by atoms with E-state index >= 15 is 0 Å². The summed E-state index contributed by atoms with van der Waals surface area (Å²) in [6.45, 7) is 1.22. The van der Waals surface area contributed by atoms with E-state index in [-0.39, 0.29) is 11.7 Å². The van der Waals surface area contributed by atoms with E-state index in [1.807, 2.05) is 54.7 Å². The third-order valence-corrected chi connectivity index (χ3v) is 11.6. The van der Waals surface area contributed by atoms with E-state index in [9.17, 15) is 24.9 Å². The number of carboxylic acid groups (broad SMARTS) is 1. The van der Waals surface area contributed by atoms with Gasteiger partial charge in [-0.25, -0.2) is 0 Å². The lowest BCUT2D eigenvalue weighted by atomic mass is 9.76. The summed E-state index contributed by atoms with van der Waals surface area (Å²) in [4.78, 5) is 30.1. The van der Waals surface area contributed by atoms with E-state index in [4.69, 9.17) is 49.7 Å². The zero-order valence-electron chi connectivity index (χ0n) is 32.8. The van der Waals surface area contributed by atoms with Gasteiger partial charge in [0.05, 0.1) is 37.4 Å². The zero-order chi connectivity index (χ0) is 42.5. The highest BCUT2D eigenvalue weighted by atomic mass is 16.7. The van der Waals surface area contributed by atoms with Crippen LogP contribution in [0.15, 0.2) is 83.1 Å². The maximum Gasteiger partial charge on any atom is 0.317 e. The van der Waals surface area contributed by atoms with E-state index in [1.54, 1.807) is 25.5 Å². The number of aliphatic imine (C=N–C) groups is 1. The molecule has 0 amide bonds. The number of carboxylic acids is 1. The number of carbonyl (C=O) groups excluding carboxylic acids is 1. The molecule has 10 atom stereocenters. The fourth-order valence-corrected chi connectivity index (χ4v) is 8.81. The van der Waals surface area contributed by atoms with Crippen LogP contribution in [0.25, 0.3) is 0 Å². The smallest absolute Gasteiger partial charge is 0.317 e. The van der Waals surface area contributed by atoms with E-state index in [0.29, 0.717) is 49.1 Å². The van der Waals surface area contributed by atoms with Gasteiger partial charge in [0.2, 0.25) is 12.0 Å². The molecule has 1 fully saturated rings. The number of aliphatic hydroxyl groups is 3. The summed E-state index contributed by atoms with van der Waals surface area (Å²) in [6.07, 6.45) is -8.19. The van der Waals surface area contributed by atoms with Crippen molar-refractivity contribution >= 4 is 18.2 Å². The van der Waals surface area contributed by atoms with Crippen LogP contribution in [0, 0.1) is 11.8 Å². The number of carbonyl (C=O) groups is 2. The molecule has 61 heavy (non-hydrogen) atoms. The number of allylic oxidation sites excluding steroid dienone is 1. The van der Waals surface area contributed by atoms with Gasteiger partial charge in [0, 0.05) is 54.7 Å². The first-order valence-corrected chi connectivity index (χ1v) is 19.8. The van der Waals surface area contributed by atoms with Gasteiger partial charge in [-0.3, -0.25) is 14.6 Å². The highest BCUT2D eigenvalue weighted by Crippen LogP contribution is 2.61. The first-order valence-electron chi connectivity index (χ1n) is 19.8. The number of aliphatic carboxylic acids is 1. The second-order valence-electron chi connectivity index (χ2n) is 15.5. The van der Waals surface area contributed by atoms with Gasteiger partial charge in [0.25, 0.3) is 0 Å². The minimum absolute atomic E-state index is 0.141. The van der Waals surface area contributed by atoms with Gasteiger partial charge in [-0.05, 0) is 29.3 Å². The SMILES string of the molecule is COc1ccc2c3c1OCCC#CC(c1ccccc1)C1Oc4cc(OC5OC(C(OC(=O)CC(=O)O)C(N)N)C(O)C(O)C5O)cc(CN5C=C6N=CC=C6C5)c4C(O3)C21. The molecule has 3 aromatic rings. The van der Waals surface area contributed by atoms with Gasteiger partial charge < -0.3 is 70.0 Å². The molecule has 8 N–H and O–H groups in total. The third kappa shape index (κ3) is 7.52. The van der Waals surface area contributed by atoms with Crippen molar-refractivity contribution in [3.63, 3.8) is 0 Å². The highest BCUT2D eigenvalue weighted by Gasteiger charge is 2.53. The number of benzene rings is 3. The predicted molar refractivity (Wildman–Crippen MR) is 214 cm³/mol. The quantitative estimate of drug-likeness (QED) is 0.0697. The molecular weight excluding hydrogens is 792 g/mol. The molecule has 9 rings (SSSR count). The van der Waals surface area contributed by atoms with Crippen molar-refractivity contribution in [3.05, 3.63) is 100 Å². The standard InChI is InChI=1S/C44H44N4O13/c1-55-28-11-10-26-33-37-25(21-7-3-2-4-8-21)9-5-6-14-56-39(28)38(26)60-40(33)32-23(19-48-18-22-12-13-47-27(22)20-48)15-24(16-29(32)58-37)57-44-36(54)34(52)35(53)41(61-44)42(43(45)46)59-31(51)17-30(49)50/h2-4,7-8,10-13,15-16,20,25,33-37,40-44,52-54H,6,14,17-19,45-46H2,1H3,(H,49,50). The molecule has 0 saturated carbocycles. The lowest BCUT2D eigenvalue weighted by Gasteiger charge is -2.43. The monoisotopic (exact) mass is 836 g/mol. The van der Waals surface area contributed by atoms with Gasteiger partial charge in [-0.1, -0.05) is 48.2 Å². The Morgan fingerprint density at radius 1 is 1.03 bits per heavy atom. The maximum atomic E-state index is 12.4. The number of hydrogen-bond acceptors (Lipinski definition) is 16. The molecule has 318 valence electrons. The van der Waals surface area contributed by atoms with Gasteiger partial charge in [0.15, 0.2) is 17.6 Å². The lowest BCUT2D eigenvalue weighted by Crippen LogP contribution is -2.66. The Labute approximate surface area is 349 Å². The van der Waals surface area contributed by atoms with Crippen LogP contribution in [-0.4, -0.2) is 113 Å². The molecular formula is C44H44N4O13. The Kier molecular flexibility index (Phi) is 10.8. The first kappa shape index (κ1) is 40.3. The number of aliphatic hydroxyl groups excluding tert-OH is 3. The number of rotatable bonds is 11. The molecule has 4 bridgehead atoms. The van der Waals surface area contributed by atoms with Gasteiger partial charge >= 0.3 is 11.9 Å². The Morgan fingerprint density at radius 2 is 1.85 bits per heavy atom. The molecule has 17 nitrogen and oxygen atoms in total. The maximum absolute atomic E-state index is 12.4. The number of nitrogens with two attached hydrogens (primary N) is 2. The number of ether oxygens (including phenoxy) is 7. The Morgan fingerprint density at radius 3 is 2.61 bits per heavy atom. The van der Waals surface area contributed by atoms with Crippen LogP contribution in [-0.2, 0) is 25.6 Å². The molecule has 17 heteroatoms. The molecule has 6 heterocycles. The number of hydrogen-bond donors (Lipinski definition) is 6. The summed E-state index contributed by atoms with van der Waals surface area (Å²) in [5.41, 5.74) is 17.0.